The lowest BCUT2D eigenvalue weighted by molar-refractivity contribution is 0.0523. The van der Waals surface area contributed by atoms with E-state index >= 15 is 0 Å². The van der Waals surface area contributed by atoms with Crippen molar-refractivity contribution in [1.29, 1.82) is 0 Å². The first-order valence-corrected chi connectivity index (χ1v) is 9.19. The molecule has 2 saturated heterocycles. The first-order valence-electron chi connectivity index (χ1n) is 9.19. The second-order valence-corrected chi connectivity index (χ2v) is 7.63. The third kappa shape index (κ3) is 3.44. The van der Waals surface area contributed by atoms with Gasteiger partial charge in [-0.25, -0.2) is 0 Å². The smallest absolute Gasteiger partial charge is 0.0623 e. The monoisotopic (exact) mass is 293 g/mol. The molecule has 4 fully saturated rings. The van der Waals surface area contributed by atoms with Crippen molar-refractivity contribution in [2.45, 2.75) is 56.7 Å². The van der Waals surface area contributed by atoms with Gasteiger partial charge >= 0.3 is 0 Å². The molecule has 0 radical (unpaired) electrons. The molecule has 4 nitrogen and oxygen atoms in total. The van der Waals surface area contributed by atoms with Crippen molar-refractivity contribution in [3.05, 3.63) is 0 Å². The van der Waals surface area contributed by atoms with Crippen LogP contribution in [-0.4, -0.2) is 62.4 Å². The van der Waals surface area contributed by atoms with Gasteiger partial charge in [0.1, 0.15) is 0 Å². The van der Waals surface area contributed by atoms with Crippen LogP contribution in [0.1, 0.15) is 38.5 Å². The lowest BCUT2D eigenvalue weighted by atomic mass is 9.93. The molecule has 0 amide bonds. The summed E-state index contributed by atoms with van der Waals surface area (Å²) in [5.74, 6) is 1.67. The summed E-state index contributed by atoms with van der Waals surface area (Å²) in [4.78, 5) is 2.73. The highest BCUT2D eigenvalue weighted by molar-refractivity contribution is 4.94. The van der Waals surface area contributed by atoms with Gasteiger partial charge in [-0.3, -0.25) is 0 Å². The molecule has 2 aliphatic carbocycles. The van der Waals surface area contributed by atoms with Crippen molar-refractivity contribution >= 4 is 0 Å². The van der Waals surface area contributed by atoms with Crippen molar-refractivity contribution in [2.75, 3.05) is 39.4 Å². The topological polar surface area (TPSA) is 36.5 Å². The van der Waals surface area contributed by atoms with Gasteiger partial charge in [-0.1, -0.05) is 6.42 Å². The van der Waals surface area contributed by atoms with Gasteiger partial charge in [0.05, 0.1) is 13.2 Å². The van der Waals surface area contributed by atoms with E-state index in [1.165, 1.54) is 58.2 Å². The Morgan fingerprint density at radius 3 is 2.90 bits per heavy atom. The molecule has 0 spiro atoms. The minimum Gasteiger partial charge on any atom is -0.379 e. The number of nitrogens with one attached hydrogen (secondary N) is 2. The fourth-order valence-corrected chi connectivity index (χ4v) is 4.70. The fraction of sp³-hybridized carbons (Fsp3) is 1.00. The molecule has 0 bridgehead atoms. The SMILES string of the molecule is C1CC(NCC2CCN(C3CC3)C2)C(C2COCCN2)C1. The molecular formula is C17H31N3O. The lowest BCUT2D eigenvalue weighted by Gasteiger charge is -2.33. The van der Waals surface area contributed by atoms with Crippen molar-refractivity contribution < 1.29 is 4.74 Å². The second kappa shape index (κ2) is 6.53. The van der Waals surface area contributed by atoms with Crippen LogP contribution in [0.4, 0.5) is 0 Å². The maximum atomic E-state index is 5.67. The Balaban J connectivity index is 1.24. The largest absolute Gasteiger partial charge is 0.379 e. The summed E-state index contributed by atoms with van der Waals surface area (Å²) >= 11 is 0. The van der Waals surface area contributed by atoms with Crippen molar-refractivity contribution in [3.8, 4) is 0 Å². The minimum absolute atomic E-state index is 0.588. The third-order valence-electron chi connectivity index (χ3n) is 6.09. The first-order chi connectivity index (χ1) is 10.4. The number of hydrogen-bond donors (Lipinski definition) is 2. The van der Waals surface area contributed by atoms with E-state index in [0.717, 1.165) is 43.7 Å². The zero-order valence-electron chi connectivity index (χ0n) is 13.2. The van der Waals surface area contributed by atoms with Gasteiger partial charge < -0.3 is 20.3 Å². The standard InChI is InChI=1S/C17H31N3O/c1-2-15(17-12-21-9-7-18-17)16(3-1)19-10-13-6-8-20(11-13)14-4-5-14/h13-19H,1-12H2. The van der Waals surface area contributed by atoms with Crippen LogP contribution in [0.3, 0.4) is 0 Å². The molecular weight excluding hydrogens is 262 g/mol. The lowest BCUT2D eigenvalue weighted by Crippen LogP contribution is -2.51. The van der Waals surface area contributed by atoms with Crippen LogP contribution < -0.4 is 10.6 Å². The maximum absolute atomic E-state index is 5.67. The molecule has 2 saturated carbocycles. The van der Waals surface area contributed by atoms with Crippen LogP contribution in [0, 0.1) is 11.8 Å². The summed E-state index contributed by atoms with van der Waals surface area (Å²) in [7, 11) is 0. The first kappa shape index (κ1) is 14.4. The van der Waals surface area contributed by atoms with Gasteiger partial charge in [-0.15, -0.1) is 0 Å². The van der Waals surface area contributed by atoms with E-state index in [1.54, 1.807) is 0 Å². The zero-order chi connectivity index (χ0) is 14.1. The normalized spacial score (nSPS) is 41.7. The van der Waals surface area contributed by atoms with Crippen LogP contribution in [0.25, 0.3) is 0 Å². The highest BCUT2D eigenvalue weighted by Gasteiger charge is 2.37. The minimum atomic E-state index is 0.588. The molecule has 21 heavy (non-hydrogen) atoms. The fourth-order valence-electron chi connectivity index (χ4n) is 4.70. The molecule has 0 aromatic heterocycles. The Kier molecular flexibility index (Phi) is 4.49. The quantitative estimate of drug-likeness (QED) is 0.799. The summed E-state index contributed by atoms with van der Waals surface area (Å²) in [6, 6.07) is 2.27. The summed E-state index contributed by atoms with van der Waals surface area (Å²) in [6.45, 7) is 6.77. The molecule has 0 aromatic rings. The molecule has 2 aliphatic heterocycles. The summed E-state index contributed by atoms with van der Waals surface area (Å²) in [5.41, 5.74) is 0. The number of rotatable bonds is 5. The van der Waals surface area contributed by atoms with Crippen molar-refractivity contribution in [3.63, 3.8) is 0 Å². The van der Waals surface area contributed by atoms with E-state index < -0.39 is 0 Å². The van der Waals surface area contributed by atoms with Crippen LogP contribution >= 0.6 is 0 Å². The van der Waals surface area contributed by atoms with Crippen LogP contribution in [0.15, 0.2) is 0 Å². The van der Waals surface area contributed by atoms with Gasteiger partial charge in [0.15, 0.2) is 0 Å². The molecule has 4 unspecified atom stereocenters. The van der Waals surface area contributed by atoms with Crippen LogP contribution in [-0.2, 0) is 4.74 Å². The highest BCUT2D eigenvalue weighted by Crippen LogP contribution is 2.32. The molecule has 4 atom stereocenters. The Hall–Kier alpha value is -0.160. The van der Waals surface area contributed by atoms with Gasteiger partial charge in [-0.05, 0) is 57.0 Å². The van der Waals surface area contributed by atoms with E-state index in [-0.39, 0.29) is 0 Å². The molecule has 4 aliphatic rings. The zero-order valence-corrected chi connectivity index (χ0v) is 13.2. The predicted molar refractivity (Wildman–Crippen MR) is 84.4 cm³/mol. The summed E-state index contributed by atoms with van der Waals surface area (Å²) < 4.78 is 5.67. The third-order valence-corrected chi connectivity index (χ3v) is 6.09. The van der Waals surface area contributed by atoms with E-state index in [9.17, 15) is 0 Å². The number of ether oxygens (including phenoxy) is 1. The van der Waals surface area contributed by atoms with Gasteiger partial charge in [0.25, 0.3) is 0 Å². The Morgan fingerprint density at radius 1 is 1.14 bits per heavy atom. The van der Waals surface area contributed by atoms with Crippen molar-refractivity contribution in [2.24, 2.45) is 11.8 Å². The number of likely N-dealkylation sites (tertiary alicyclic amines) is 1. The van der Waals surface area contributed by atoms with E-state index in [1.807, 2.05) is 0 Å². The molecule has 0 aromatic carbocycles. The highest BCUT2D eigenvalue weighted by atomic mass is 16.5. The molecule has 2 heterocycles. The molecule has 2 N–H and O–H groups in total. The molecule has 120 valence electrons. The number of morpholine rings is 1. The predicted octanol–water partition coefficient (Wildman–Crippen LogP) is 1.22. The van der Waals surface area contributed by atoms with E-state index in [2.05, 4.69) is 15.5 Å². The van der Waals surface area contributed by atoms with E-state index in [0.29, 0.717) is 6.04 Å². The Morgan fingerprint density at radius 2 is 2.10 bits per heavy atom. The Bertz CT molecular complexity index is 341. The average molecular weight is 293 g/mol. The number of nitrogens with zero attached hydrogens (tertiary/aromatic N) is 1. The van der Waals surface area contributed by atoms with E-state index in [4.69, 9.17) is 4.74 Å². The van der Waals surface area contributed by atoms with Crippen molar-refractivity contribution in [1.82, 2.24) is 15.5 Å². The Labute approximate surface area is 129 Å². The number of hydrogen-bond acceptors (Lipinski definition) is 4. The average Bonchev–Trinajstić information content (AvgIpc) is 3.10. The van der Waals surface area contributed by atoms with Gasteiger partial charge in [-0.2, -0.15) is 0 Å². The summed E-state index contributed by atoms with van der Waals surface area (Å²) in [5, 5.41) is 7.60. The van der Waals surface area contributed by atoms with Gasteiger partial charge in [0, 0.05) is 31.2 Å². The second-order valence-electron chi connectivity index (χ2n) is 7.63. The summed E-state index contributed by atoms with van der Waals surface area (Å²) in [6.07, 6.45) is 8.45. The molecule has 4 rings (SSSR count). The van der Waals surface area contributed by atoms with Crippen LogP contribution in [0.2, 0.25) is 0 Å². The maximum Gasteiger partial charge on any atom is 0.0623 e. The van der Waals surface area contributed by atoms with Gasteiger partial charge in [0.2, 0.25) is 0 Å². The molecule has 4 heteroatoms. The van der Waals surface area contributed by atoms with Crippen LogP contribution in [0.5, 0.6) is 0 Å².